The van der Waals surface area contributed by atoms with E-state index in [1.807, 2.05) is 29.7 Å². The smallest absolute Gasteiger partial charge is 0.310 e. The maximum Gasteiger partial charge on any atom is 0.310 e. The number of rotatable bonds is 2. The molecule has 1 aromatic carbocycles. The molecular weight excluding hydrogens is 222 g/mol. The van der Waals surface area contributed by atoms with E-state index < -0.39 is 0 Å². The molecule has 1 aromatic rings. The van der Waals surface area contributed by atoms with Crippen LogP contribution in [0.25, 0.3) is 5.41 Å². The quantitative estimate of drug-likeness (QED) is 0.720. The van der Waals surface area contributed by atoms with E-state index in [1.165, 1.54) is 18.9 Å². The van der Waals surface area contributed by atoms with Gasteiger partial charge in [0.2, 0.25) is 0 Å². The molecule has 0 atom stereocenters. The normalized spacial score (nSPS) is 13.7. The standard InChI is InChI=1S/C12H11NO2S/c1-15-12(14)6-10-7-13-11-5-3-2-4-9(11)8-16-10/h2-5,7-8H,6H2,1H3. The fourth-order valence-corrected chi connectivity index (χ4v) is 2.11. The number of nitrogens with zero attached hydrogens (tertiary/aromatic N) is 1. The number of fused-ring (bicyclic) bond motifs is 1. The average molecular weight is 233 g/mol. The van der Waals surface area contributed by atoms with Gasteiger partial charge in [0.1, 0.15) is 0 Å². The number of hydrogen-bond donors (Lipinski definition) is 0. The molecule has 1 aliphatic heterocycles. The summed E-state index contributed by atoms with van der Waals surface area (Å²) >= 11 is 1.51. The second-order valence-electron chi connectivity index (χ2n) is 3.27. The van der Waals surface area contributed by atoms with Crippen molar-refractivity contribution in [2.45, 2.75) is 6.42 Å². The Morgan fingerprint density at radius 3 is 3.06 bits per heavy atom. The first-order valence-electron chi connectivity index (χ1n) is 4.85. The molecule has 0 unspecified atom stereocenters. The van der Waals surface area contributed by atoms with Gasteiger partial charge in [-0.3, -0.25) is 9.79 Å². The molecule has 1 heterocycles. The van der Waals surface area contributed by atoms with Crippen molar-refractivity contribution in [2.24, 2.45) is 4.99 Å². The van der Waals surface area contributed by atoms with Crippen LogP contribution in [0, 0.1) is 0 Å². The maximum absolute atomic E-state index is 11.1. The Morgan fingerprint density at radius 1 is 1.44 bits per heavy atom. The van der Waals surface area contributed by atoms with Gasteiger partial charge in [-0.1, -0.05) is 30.0 Å². The van der Waals surface area contributed by atoms with Crippen molar-refractivity contribution in [1.29, 1.82) is 0 Å². The summed E-state index contributed by atoms with van der Waals surface area (Å²) in [5.41, 5.74) is 0. The highest BCUT2D eigenvalue weighted by atomic mass is 32.2. The highest BCUT2D eigenvalue weighted by molar-refractivity contribution is 8.10. The van der Waals surface area contributed by atoms with Gasteiger partial charge in [-0.15, -0.1) is 0 Å². The minimum Gasteiger partial charge on any atom is -0.469 e. The van der Waals surface area contributed by atoms with Crippen LogP contribution in [0.1, 0.15) is 6.42 Å². The summed E-state index contributed by atoms with van der Waals surface area (Å²) in [4.78, 5) is 16.4. The Kier molecular flexibility index (Phi) is 3.41. The third kappa shape index (κ3) is 2.52. The van der Waals surface area contributed by atoms with Crippen LogP contribution in [0.3, 0.4) is 0 Å². The molecule has 2 rings (SSSR count). The first-order chi connectivity index (χ1) is 7.79. The van der Waals surface area contributed by atoms with E-state index in [4.69, 9.17) is 0 Å². The molecular formula is C12H11NO2S. The molecule has 0 radical (unpaired) electrons. The van der Waals surface area contributed by atoms with Gasteiger partial charge in [-0.25, -0.2) is 0 Å². The van der Waals surface area contributed by atoms with Crippen LogP contribution in [-0.4, -0.2) is 13.1 Å². The molecule has 0 aromatic heterocycles. The van der Waals surface area contributed by atoms with Crippen LogP contribution < -0.4 is 10.6 Å². The highest BCUT2D eigenvalue weighted by Gasteiger charge is 2.06. The summed E-state index contributed by atoms with van der Waals surface area (Å²) in [6.45, 7) is 0. The predicted molar refractivity (Wildman–Crippen MR) is 64.0 cm³/mol. The number of ether oxygens (including phenoxy) is 1. The highest BCUT2D eigenvalue weighted by Crippen LogP contribution is 2.21. The van der Waals surface area contributed by atoms with Gasteiger partial charge in [0.05, 0.1) is 18.9 Å². The number of thioether (sulfide) groups is 1. The third-order valence-corrected chi connectivity index (χ3v) is 3.09. The summed E-state index contributed by atoms with van der Waals surface area (Å²) in [5, 5.41) is 4.00. The average Bonchev–Trinajstić information content (AvgIpc) is 2.52. The van der Waals surface area contributed by atoms with Crippen LogP contribution in [0.5, 0.6) is 0 Å². The second-order valence-corrected chi connectivity index (χ2v) is 4.27. The fourth-order valence-electron chi connectivity index (χ4n) is 1.32. The first kappa shape index (κ1) is 11.0. The van der Waals surface area contributed by atoms with Gasteiger partial charge < -0.3 is 4.74 Å². The van der Waals surface area contributed by atoms with Gasteiger partial charge in [0.25, 0.3) is 0 Å². The van der Waals surface area contributed by atoms with Gasteiger partial charge in [0, 0.05) is 16.3 Å². The predicted octanol–water partition coefficient (Wildman–Crippen LogP) is 1.20. The van der Waals surface area contributed by atoms with E-state index in [0.717, 1.165) is 15.5 Å². The Balaban J connectivity index is 2.28. The lowest BCUT2D eigenvalue weighted by molar-refractivity contribution is -0.139. The number of para-hydroxylation sites is 1. The molecule has 0 spiro atoms. The largest absolute Gasteiger partial charge is 0.469 e. The number of benzene rings is 1. The number of carbonyl (C=O) groups is 1. The van der Waals surface area contributed by atoms with Gasteiger partial charge >= 0.3 is 5.97 Å². The summed E-state index contributed by atoms with van der Waals surface area (Å²) in [6, 6.07) is 7.86. The minimum atomic E-state index is -0.242. The summed E-state index contributed by atoms with van der Waals surface area (Å²) in [6.07, 6.45) is 2.00. The van der Waals surface area contributed by atoms with Crippen molar-refractivity contribution in [3.05, 3.63) is 45.9 Å². The lowest BCUT2D eigenvalue weighted by atomic mass is 10.3. The number of hydrogen-bond acceptors (Lipinski definition) is 4. The molecule has 0 bridgehead atoms. The molecule has 0 saturated carbocycles. The molecule has 0 fully saturated rings. The molecule has 0 amide bonds. The Bertz CT molecular complexity index is 548. The first-order valence-corrected chi connectivity index (χ1v) is 5.73. The van der Waals surface area contributed by atoms with Gasteiger partial charge in [-0.2, -0.15) is 0 Å². The maximum atomic E-state index is 11.1. The van der Waals surface area contributed by atoms with Crippen molar-refractivity contribution < 1.29 is 9.53 Å². The third-order valence-electron chi connectivity index (χ3n) is 2.17. The van der Waals surface area contributed by atoms with Crippen molar-refractivity contribution in [1.82, 2.24) is 0 Å². The van der Waals surface area contributed by atoms with Gasteiger partial charge in [-0.05, 0) is 11.5 Å². The van der Waals surface area contributed by atoms with E-state index >= 15 is 0 Å². The molecule has 0 aliphatic carbocycles. The van der Waals surface area contributed by atoms with Crippen molar-refractivity contribution in [3.8, 4) is 0 Å². The monoisotopic (exact) mass is 233 g/mol. The minimum absolute atomic E-state index is 0.242. The second kappa shape index (κ2) is 4.99. The van der Waals surface area contributed by atoms with Crippen LogP contribution in [0.15, 0.2) is 40.4 Å². The van der Waals surface area contributed by atoms with Crippen LogP contribution in [0.2, 0.25) is 0 Å². The molecule has 82 valence electrons. The lowest BCUT2D eigenvalue weighted by Gasteiger charge is -1.99. The fraction of sp³-hybridized carbons (Fsp3) is 0.167. The summed E-state index contributed by atoms with van der Waals surface area (Å²) in [5.74, 6) is -0.242. The Hall–Kier alpha value is -1.55. The molecule has 16 heavy (non-hydrogen) atoms. The van der Waals surface area contributed by atoms with Crippen LogP contribution >= 0.6 is 11.8 Å². The summed E-state index contributed by atoms with van der Waals surface area (Å²) < 4.78 is 4.62. The summed E-state index contributed by atoms with van der Waals surface area (Å²) in [7, 11) is 1.39. The number of esters is 1. The van der Waals surface area contributed by atoms with Crippen molar-refractivity contribution in [3.63, 3.8) is 0 Å². The molecule has 1 aliphatic rings. The number of carbonyl (C=O) groups excluding carboxylic acids is 1. The van der Waals surface area contributed by atoms with Crippen LogP contribution in [-0.2, 0) is 9.53 Å². The van der Waals surface area contributed by atoms with E-state index in [0.29, 0.717) is 0 Å². The van der Waals surface area contributed by atoms with Gasteiger partial charge in [0.15, 0.2) is 0 Å². The zero-order valence-electron chi connectivity index (χ0n) is 8.84. The Morgan fingerprint density at radius 2 is 2.25 bits per heavy atom. The lowest BCUT2D eigenvalue weighted by Crippen LogP contribution is -2.22. The van der Waals surface area contributed by atoms with E-state index in [9.17, 15) is 4.79 Å². The van der Waals surface area contributed by atoms with E-state index in [-0.39, 0.29) is 12.4 Å². The van der Waals surface area contributed by atoms with Crippen LogP contribution in [0.4, 0.5) is 0 Å². The molecule has 3 nitrogen and oxygen atoms in total. The molecule has 0 saturated heterocycles. The zero-order chi connectivity index (χ0) is 11.4. The SMILES string of the molecule is COC(=O)CC1=CN=c2ccccc2=CS1. The number of methoxy groups -OCH3 is 1. The molecule has 0 N–H and O–H groups in total. The van der Waals surface area contributed by atoms with E-state index in [1.54, 1.807) is 6.20 Å². The van der Waals surface area contributed by atoms with Crippen molar-refractivity contribution >= 4 is 23.1 Å². The topological polar surface area (TPSA) is 38.7 Å². The zero-order valence-corrected chi connectivity index (χ0v) is 9.66. The molecule has 4 heteroatoms. The van der Waals surface area contributed by atoms with Crippen molar-refractivity contribution in [2.75, 3.05) is 7.11 Å². The van der Waals surface area contributed by atoms with E-state index in [2.05, 4.69) is 9.73 Å². The Labute approximate surface area is 97.5 Å².